The van der Waals surface area contributed by atoms with Gasteiger partial charge in [-0.2, -0.15) is 0 Å². The van der Waals surface area contributed by atoms with E-state index in [1.807, 2.05) is 24.3 Å². The number of benzene rings is 2. The predicted molar refractivity (Wildman–Crippen MR) is 98.2 cm³/mol. The molecule has 0 bridgehead atoms. The van der Waals surface area contributed by atoms with Crippen LogP contribution in [0.4, 0.5) is 5.69 Å². The lowest BCUT2D eigenvalue weighted by Crippen LogP contribution is -2.30. The van der Waals surface area contributed by atoms with Crippen molar-refractivity contribution in [3.8, 4) is 0 Å². The zero-order chi connectivity index (χ0) is 16.9. The van der Waals surface area contributed by atoms with Crippen LogP contribution in [0, 0.1) is 6.92 Å². The number of anilines is 1. The SMILES string of the molecule is Cc1ccc(N2CCCN(Cc3ccc(C(N)=O)cc3)CC2)cc1. The lowest BCUT2D eigenvalue weighted by molar-refractivity contribution is 0.100. The van der Waals surface area contributed by atoms with Gasteiger partial charge in [-0.05, 0) is 43.2 Å². The maximum Gasteiger partial charge on any atom is 0.248 e. The lowest BCUT2D eigenvalue weighted by atomic mass is 10.1. The van der Waals surface area contributed by atoms with Crippen molar-refractivity contribution >= 4 is 11.6 Å². The van der Waals surface area contributed by atoms with Gasteiger partial charge in [0.25, 0.3) is 0 Å². The van der Waals surface area contributed by atoms with Crippen molar-refractivity contribution in [2.45, 2.75) is 19.9 Å². The molecular formula is C20H25N3O. The van der Waals surface area contributed by atoms with Crippen molar-refractivity contribution in [3.05, 3.63) is 65.2 Å². The number of carbonyl (C=O) groups is 1. The molecule has 2 N–H and O–H groups in total. The average molecular weight is 323 g/mol. The lowest BCUT2D eigenvalue weighted by Gasteiger charge is -2.24. The smallest absolute Gasteiger partial charge is 0.248 e. The first-order valence-corrected chi connectivity index (χ1v) is 8.54. The molecule has 1 aliphatic rings. The van der Waals surface area contributed by atoms with Gasteiger partial charge in [-0.1, -0.05) is 29.8 Å². The first kappa shape index (κ1) is 16.5. The molecule has 0 atom stereocenters. The summed E-state index contributed by atoms with van der Waals surface area (Å²) in [6.07, 6.45) is 1.16. The Morgan fingerprint density at radius 1 is 0.958 bits per heavy atom. The van der Waals surface area contributed by atoms with Crippen LogP contribution in [0.25, 0.3) is 0 Å². The zero-order valence-electron chi connectivity index (χ0n) is 14.2. The van der Waals surface area contributed by atoms with Gasteiger partial charge in [0.2, 0.25) is 5.91 Å². The van der Waals surface area contributed by atoms with Gasteiger partial charge in [0, 0.05) is 44.0 Å². The molecule has 2 aromatic rings. The van der Waals surface area contributed by atoms with Crippen LogP contribution in [0.2, 0.25) is 0 Å². The van der Waals surface area contributed by atoms with Gasteiger partial charge in [-0.3, -0.25) is 9.69 Å². The normalized spacial score (nSPS) is 16.0. The highest BCUT2D eigenvalue weighted by molar-refractivity contribution is 5.92. The van der Waals surface area contributed by atoms with E-state index in [4.69, 9.17) is 5.73 Å². The predicted octanol–water partition coefficient (Wildman–Crippen LogP) is 2.81. The van der Waals surface area contributed by atoms with Crippen LogP contribution in [0.5, 0.6) is 0 Å². The van der Waals surface area contributed by atoms with Gasteiger partial charge in [0.05, 0.1) is 0 Å². The van der Waals surface area contributed by atoms with Crippen LogP contribution in [0.3, 0.4) is 0 Å². The summed E-state index contributed by atoms with van der Waals surface area (Å²) in [5, 5.41) is 0. The van der Waals surface area contributed by atoms with Crippen molar-refractivity contribution in [2.24, 2.45) is 5.73 Å². The number of amides is 1. The summed E-state index contributed by atoms with van der Waals surface area (Å²) in [4.78, 5) is 16.1. The zero-order valence-corrected chi connectivity index (χ0v) is 14.2. The van der Waals surface area contributed by atoms with Crippen LogP contribution < -0.4 is 10.6 Å². The molecule has 126 valence electrons. The van der Waals surface area contributed by atoms with E-state index in [9.17, 15) is 4.79 Å². The molecule has 1 saturated heterocycles. The fourth-order valence-electron chi connectivity index (χ4n) is 3.18. The fraction of sp³-hybridized carbons (Fsp3) is 0.350. The van der Waals surface area contributed by atoms with E-state index in [0.29, 0.717) is 5.56 Å². The molecule has 3 rings (SSSR count). The molecule has 1 amide bonds. The van der Waals surface area contributed by atoms with Crippen LogP contribution in [0.1, 0.15) is 27.9 Å². The number of rotatable bonds is 4. The Hall–Kier alpha value is -2.33. The summed E-state index contributed by atoms with van der Waals surface area (Å²) in [6.45, 7) is 7.33. The monoisotopic (exact) mass is 323 g/mol. The molecule has 0 aliphatic carbocycles. The molecule has 1 fully saturated rings. The van der Waals surface area contributed by atoms with Crippen LogP contribution in [0.15, 0.2) is 48.5 Å². The molecule has 2 aromatic carbocycles. The largest absolute Gasteiger partial charge is 0.370 e. The first-order valence-electron chi connectivity index (χ1n) is 8.54. The van der Waals surface area contributed by atoms with Crippen molar-refractivity contribution in [1.29, 1.82) is 0 Å². The minimum Gasteiger partial charge on any atom is -0.370 e. The van der Waals surface area contributed by atoms with E-state index < -0.39 is 0 Å². The molecule has 0 saturated carbocycles. The Kier molecular flexibility index (Phi) is 5.16. The Morgan fingerprint density at radius 3 is 2.33 bits per heavy atom. The molecule has 1 aliphatic heterocycles. The van der Waals surface area contributed by atoms with Gasteiger partial charge in [-0.25, -0.2) is 0 Å². The third-order valence-electron chi connectivity index (χ3n) is 4.63. The second kappa shape index (κ2) is 7.49. The summed E-state index contributed by atoms with van der Waals surface area (Å²) in [7, 11) is 0. The molecule has 0 aromatic heterocycles. The number of hydrogen-bond acceptors (Lipinski definition) is 3. The maximum atomic E-state index is 11.1. The molecule has 0 spiro atoms. The Bertz CT molecular complexity index is 679. The Morgan fingerprint density at radius 2 is 1.67 bits per heavy atom. The maximum absolute atomic E-state index is 11.1. The summed E-state index contributed by atoms with van der Waals surface area (Å²) in [5.74, 6) is -0.370. The summed E-state index contributed by atoms with van der Waals surface area (Å²) in [5.41, 5.74) is 9.70. The minimum absolute atomic E-state index is 0.370. The van der Waals surface area contributed by atoms with Crippen molar-refractivity contribution in [2.75, 3.05) is 31.1 Å². The van der Waals surface area contributed by atoms with Crippen molar-refractivity contribution < 1.29 is 4.79 Å². The quantitative estimate of drug-likeness (QED) is 0.941. The van der Waals surface area contributed by atoms with Gasteiger partial charge in [0.1, 0.15) is 0 Å². The standard InChI is InChI=1S/C20H25N3O/c1-16-3-9-19(10-4-16)23-12-2-11-22(13-14-23)15-17-5-7-18(8-6-17)20(21)24/h3-10H,2,11-15H2,1H3,(H2,21,24). The van der Waals surface area contributed by atoms with Gasteiger partial charge < -0.3 is 10.6 Å². The molecule has 1 heterocycles. The highest BCUT2D eigenvalue weighted by atomic mass is 16.1. The van der Waals surface area contributed by atoms with Crippen molar-refractivity contribution in [1.82, 2.24) is 4.90 Å². The number of carbonyl (C=O) groups excluding carboxylic acids is 1. The third-order valence-corrected chi connectivity index (χ3v) is 4.63. The minimum atomic E-state index is -0.370. The molecule has 4 heteroatoms. The molecular weight excluding hydrogens is 298 g/mol. The van der Waals surface area contributed by atoms with Crippen molar-refractivity contribution in [3.63, 3.8) is 0 Å². The van der Waals surface area contributed by atoms with Crippen LogP contribution >= 0.6 is 0 Å². The topological polar surface area (TPSA) is 49.6 Å². The van der Waals surface area contributed by atoms with Crippen LogP contribution in [-0.4, -0.2) is 37.0 Å². The number of nitrogens with zero attached hydrogens (tertiary/aromatic N) is 2. The molecule has 4 nitrogen and oxygen atoms in total. The Balaban J connectivity index is 1.59. The van der Waals surface area contributed by atoms with E-state index in [1.165, 1.54) is 16.8 Å². The number of nitrogens with two attached hydrogens (primary N) is 1. The number of hydrogen-bond donors (Lipinski definition) is 1. The second-order valence-corrected chi connectivity index (χ2v) is 6.51. The van der Waals surface area contributed by atoms with E-state index >= 15 is 0 Å². The summed E-state index contributed by atoms with van der Waals surface area (Å²) < 4.78 is 0. The van der Waals surface area contributed by atoms with E-state index in [2.05, 4.69) is 41.0 Å². The highest BCUT2D eigenvalue weighted by Gasteiger charge is 2.15. The summed E-state index contributed by atoms with van der Waals surface area (Å²) >= 11 is 0. The van der Waals surface area contributed by atoms with E-state index in [-0.39, 0.29) is 5.91 Å². The van der Waals surface area contributed by atoms with E-state index in [0.717, 1.165) is 39.1 Å². The van der Waals surface area contributed by atoms with Gasteiger partial charge in [0.15, 0.2) is 0 Å². The molecule has 0 radical (unpaired) electrons. The summed E-state index contributed by atoms with van der Waals surface area (Å²) in [6, 6.07) is 16.4. The highest BCUT2D eigenvalue weighted by Crippen LogP contribution is 2.18. The second-order valence-electron chi connectivity index (χ2n) is 6.51. The third kappa shape index (κ3) is 4.15. The molecule has 0 unspecified atom stereocenters. The average Bonchev–Trinajstić information content (AvgIpc) is 2.82. The van der Waals surface area contributed by atoms with Gasteiger partial charge in [-0.15, -0.1) is 0 Å². The number of primary amides is 1. The van der Waals surface area contributed by atoms with E-state index in [1.54, 1.807) is 0 Å². The Labute approximate surface area is 143 Å². The van der Waals surface area contributed by atoms with Crippen LogP contribution in [-0.2, 0) is 6.54 Å². The molecule has 24 heavy (non-hydrogen) atoms. The number of aryl methyl sites for hydroxylation is 1. The first-order chi connectivity index (χ1) is 11.6. The van der Waals surface area contributed by atoms with Gasteiger partial charge >= 0.3 is 0 Å². The fourth-order valence-corrected chi connectivity index (χ4v) is 3.18.